The van der Waals surface area contributed by atoms with Crippen LogP contribution in [0.1, 0.15) is 5.56 Å². The van der Waals surface area contributed by atoms with Crippen molar-refractivity contribution in [2.45, 2.75) is 6.54 Å². The van der Waals surface area contributed by atoms with Crippen molar-refractivity contribution in [3.05, 3.63) is 64.7 Å². The third-order valence-corrected chi connectivity index (χ3v) is 5.86. The van der Waals surface area contributed by atoms with Crippen molar-refractivity contribution >= 4 is 40.1 Å². The molecule has 30 heavy (non-hydrogen) atoms. The maximum absolute atomic E-state index is 6.33. The summed E-state index contributed by atoms with van der Waals surface area (Å²) in [6.45, 7) is 4.29. The van der Waals surface area contributed by atoms with Gasteiger partial charge in [0.1, 0.15) is 11.2 Å². The zero-order valence-electron chi connectivity index (χ0n) is 16.1. The molecule has 3 aromatic heterocycles. The van der Waals surface area contributed by atoms with Gasteiger partial charge >= 0.3 is 0 Å². The summed E-state index contributed by atoms with van der Waals surface area (Å²) in [6, 6.07) is 7.49. The standard InChI is InChI=1S/C21H19Cl2N7/c22-15-1-2-16(23)14(11-15)13-29-7-9-30(10-8-29)21-19-17(3-4-26-21)28-18(12-27-19)20-24-5-6-25-20/h1-6,11-12H,7-10,13H2,(H,24,25). The summed E-state index contributed by atoms with van der Waals surface area (Å²) in [5.41, 5.74) is 3.38. The third kappa shape index (κ3) is 3.84. The number of anilines is 1. The average Bonchev–Trinajstić information content (AvgIpc) is 3.31. The predicted octanol–water partition coefficient (Wildman–Crippen LogP) is 4.04. The van der Waals surface area contributed by atoms with E-state index in [1.165, 1.54) is 0 Å². The molecule has 0 saturated carbocycles. The first-order chi connectivity index (χ1) is 14.7. The van der Waals surface area contributed by atoms with E-state index < -0.39 is 0 Å². The van der Waals surface area contributed by atoms with Crippen molar-refractivity contribution in [3.8, 4) is 11.5 Å². The lowest BCUT2D eigenvalue weighted by Gasteiger charge is -2.35. The quantitative estimate of drug-likeness (QED) is 0.516. The molecule has 1 N–H and O–H groups in total. The van der Waals surface area contributed by atoms with Crippen LogP contribution in [0.15, 0.2) is 49.1 Å². The van der Waals surface area contributed by atoms with Crippen LogP contribution in [0.2, 0.25) is 10.0 Å². The SMILES string of the molecule is Clc1ccc(Cl)c(CN2CCN(c3nccc4nc(-c5ncc[nH]5)cnc34)CC2)c1. The molecule has 4 heterocycles. The van der Waals surface area contributed by atoms with Crippen LogP contribution >= 0.6 is 23.2 Å². The summed E-state index contributed by atoms with van der Waals surface area (Å²) in [4.78, 5) is 25.9. The predicted molar refractivity (Wildman–Crippen MR) is 119 cm³/mol. The normalized spacial score (nSPS) is 15.1. The van der Waals surface area contributed by atoms with Gasteiger partial charge in [0, 0.05) is 61.4 Å². The summed E-state index contributed by atoms with van der Waals surface area (Å²) >= 11 is 12.5. The van der Waals surface area contributed by atoms with E-state index in [4.69, 9.17) is 28.2 Å². The maximum Gasteiger partial charge on any atom is 0.157 e. The van der Waals surface area contributed by atoms with Crippen molar-refractivity contribution in [2.24, 2.45) is 0 Å². The van der Waals surface area contributed by atoms with Gasteiger partial charge in [-0.25, -0.2) is 19.9 Å². The topological polar surface area (TPSA) is 73.8 Å². The molecule has 5 rings (SSSR count). The number of pyridine rings is 1. The van der Waals surface area contributed by atoms with Crippen LogP contribution in [0.25, 0.3) is 22.6 Å². The van der Waals surface area contributed by atoms with Gasteiger partial charge in [-0.3, -0.25) is 4.90 Å². The van der Waals surface area contributed by atoms with Crippen LogP contribution < -0.4 is 4.90 Å². The highest BCUT2D eigenvalue weighted by Crippen LogP contribution is 2.26. The lowest BCUT2D eigenvalue weighted by Crippen LogP contribution is -2.46. The van der Waals surface area contributed by atoms with Crippen LogP contribution in [0.5, 0.6) is 0 Å². The van der Waals surface area contributed by atoms with Gasteiger partial charge in [-0.1, -0.05) is 23.2 Å². The Morgan fingerprint density at radius 2 is 1.83 bits per heavy atom. The fraction of sp³-hybridized carbons (Fsp3) is 0.238. The molecule has 1 aromatic carbocycles. The molecular formula is C21H19Cl2N7. The van der Waals surface area contributed by atoms with Crippen LogP contribution in [0.3, 0.4) is 0 Å². The average molecular weight is 440 g/mol. The van der Waals surface area contributed by atoms with Gasteiger partial charge < -0.3 is 9.88 Å². The van der Waals surface area contributed by atoms with E-state index in [2.05, 4.69) is 29.7 Å². The first kappa shape index (κ1) is 19.2. The van der Waals surface area contributed by atoms with E-state index in [0.29, 0.717) is 16.5 Å². The number of rotatable bonds is 4. The maximum atomic E-state index is 6.33. The molecule has 1 aliphatic heterocycles. The Morgan fingerprint density at radius 1 is 0.967 bits per heavy atom. The monoisotopic (exact) mass is 439 g/mol. The van der Waals surface area contributed by atoms with Crippen molar-refractivity contribution < 1.29 is 0 Å². The van der Waals surface area contributed by atoms with Gasteiger partial charge in [0.15, 0.2) is 11.6 Å². The summed E-state index contributed by atoms with van der Waals surface area (Å²) in [5.74, 6) is 1.57. The molecule has 0 amide bonds. The molecule has 7 nitrogen and oxygen atoms in total. The minimum Gasteiger partial charge on any atom is -0.352 e. The zero-order valence-corrected chi connectivity index (χ0v) is 17.6. The Balaban J connectivity index is 1.33. The lowest BCUT2D eigenvalue weighted by molar-refractivity contribution is 0.249. The minimum atomic E-state index is 0.705. The number of imidazole rings is 1. The van der Waals surface area contributed by atoms with Gasteiger partial charge in [0.25, 0.3) is 0 Å². The number of nitrogens with one attached hydrogen (secondary N) is 1. The smallest absolute Gasteiger partial charge is 0.157 e. The Bertz CT molecular complexity index is 1170. The van der Waals surface area contributed by atoms with Gasteiger partial charge in [0.05, 0.1) is 11.7 Å². The molecule has 0 spiro atoms. The second-order valence-electron chi connectivity index (χ2n) is 7.19. The highest BCUT2D eigenvalue weighted by Gasteiger charge is 2.21. The van der Waals surface area contributed by atoms with E-state index in [9.17, 15) is 0 Å². The van der Waals surface area contributed by atoms with Crippen LogP contribution in [-0.2, 0) is 6.54 Å². The molecule has 0 unspecified atom stereocenters. The summed E-state index contributed by atoms with van der Waals surface area (Å²) in [6.07, 6.45) is 7.00. The van der Waals surface area contributed by atoms with Gasteiger partial charge in [-0.2, -0.15) is 0 Å². The first-order valence-electron chi connectivity index (χ1n) is 9.70. The van der Waals surface area contributed by atoms with Crippen molar-refractivity contribution in [3.63, 3.8) is 0 Å². The summed E-state index contributed by atoms with van der Waals surface area (Å²) in [7, 11) is 0. The highest BCUT2D eigenvalue weighted by atomic mass is 35.5. The fourth-order valence-electron chi connectivity index (χ4n) is 3.71. The molecule has 1 saturated heterocycles. The molecule has 152 valence electrons. The highest BCUT2D eigenvalue weighted by molar-refractivity contribution is 6.33. The Morgan fingerprint density at radius 3 is 2.63 bits per heavy atom. The van der Waals surface area contributed by atoms with Crippen molar-refractivity contribution in [2.75, 3.05) is 31.1 Å². The van der Waals surface area contributed by atoms with Crippen LogP contribution in [-0.4, -0.2) is 56.0 Å². The van der Waals surface area contributed by atoms with E-state index in [1.807, 2.05) is 24.3 Å². The Kier molecular flexibility index (Phi) is 5.25. The van der Waals surface area contributed by atoms with E-state index in [-0.39, 0.29) is 0 Å². The zero-order chi connectivity index (χ0) is 20.5. The Labute approximate surface area is 183 Å². The number of halogens is 2. The number of fused-ring (bicyclic) bond motifs is 1. The van der Waals surface area contributed by atoms with Crippen molar-refractivity contribution in [1.29, 1.82) is 0 Å². The van der Waals surface area contributed by atoms with Gasteiger partial charge in [-0.15, -0.1) is 0 Å². The minimum absolute atomic E-state index is 0.705. The molecule has 4 aromatic rings. The molecule has 0 aliphatic carbocycles. The number of hydrogen-bond donors (Lipinski definition) is 1. The lowest BCUT2D eigenvalue weighted by atomic mass is 10.2. The van der Waals surface area contributed by atoms with Gasteiger partial charge in [-0.05, 0) is 29.8 Å². The number of piperazine rings is 1. The largest absolute Gasteiger partial charge is 0.352 e. The fourth-order valence-corrected chi connectivity index (χ4v) is 4.08. The van der Waals surface area contributed by atoms with Crippen LogP contribution in [0, 0.1) is 0 Å². The molecule has 0 atom stereocenters. The molecular weight excluding hydrogens is 421 g/mol. The molecule has 0 radical (unpaired) electrons. The Hall–Kier alpha value is -2.74. The number of benzene rings is 1. The molecule has 0 bridgehead atoms. The summed E-state index contributed by atoms with van der Waals surface area (Å²) in [5, 5.41) is 1.46. The first-order valence-corrected chi connectivity index (χ1v) is 10.5. The van der Waals surface area contributed by atoms with E-state index in [1.54, 1.807) is 24.8 Å². The van der Waals surface area contributed by atoms with E-state index >= 15 is 0 Å². The third-order valence-electron chi connectivity index (χ3n) is 5.25. The molecule has 9 heteroatoms. The second-order valence-corrected chi connectivity index (χ2v) is 8.04. The molecule has 1 aliphatic rings. The number of H-pyrrole nitrogens is 1. The van der Waals surface area contributed by atoms with Crippen LogP contribution in [0.4, 0.5) is 5.82 Å². The number of aromatic amines is 1. The second kappa shape index (κ2) is 8.18. The molecule has 1 fully saturated rings. The van der Waals surface area contributed by atoms with Gasteiger partial charge in [0.2, 0.25) is 0 Å². The number of aromatic nitrogens is 5. The number of nitrogens with zero attached hydrogens (tertiary/aromatic N) is 6. The summed E-state index contributed by atoms with van der Waals surface area (Å²) < 4.78 is 0. The van der Waals surface area contributed by atoms with Crippen molar-refractivity contribution in [1.82, 2.24) is 29.8 Å². The number of hydrogen-bond acceptors (Lipinski definition) is 6. The van der Waals surface area contributed by atoms with E-state index in [0.717, 1.165) is 60.2 Å².